The summed E-state index contributed by atoms with van der Waals surface area (Å²) < 4.78 is 5.25. The van der Waals surface area contributed by atoms with Crippen molar-refractivity contribution in [3.05, 3.63) is 24.2 Å². The molecule has 0 aliphatic carbocycles. The highest BCUT2D eigenvalue weighted by Gasteiger charge is 2.05. The van der Waals surface area contributed by atoms with Crippen molar-refractivity contribution in [1.82, 2.24) is 14.3 Å². The first-order valence-corrected chi connectivity index (χ1v) is 7.11. The second-order valence-electron chi connectivity index (χ2n) is 3.34. The molecule has 0 fully saturated rings. The Morgan fingerprint density at radius 2 is 2.29 bits per heavy atom. The van der Waals surface area contributed by atoms with E-state index in [1.807, 2.05) is 18.3 Å². The van der Waals surface area contributed by atoms with Crippen LogP contribution in [0.15, 0.2) is 27.6 Å². The van der Waals surface area contributed by atoms with Gasteiger partial charge >= 0.3 is 0 Å². The van der Waals surface area contributed by atoms with Crippen LogP contribution in [0.3, 0.4) is 0 Å². The predicted octanol–water partition coefficient (Wildman–Crippen LogP) is 3.08. The summed E-state index contributed by atoms with van der Waals surface area (Å²) in [5.41, 5.74) is 0. The van der Waals surface area contributed by atoms with Crippen LogP contribution in [0.5, 0.6) is 0 Å². The molecule has 1 N–H and O–H groups in total. The molecule has 0 aromatic carbocycles. The van der Waals surface area contributed by atoms with Crippen LogP contribution in [0.4, 0.5) is 5.82 Å². The van der Waals surface area contributed by atoms with Crippen molar-refractivity contribution in [1.29, 1.82) is 0 Å². The van der Waals surface area contributed by atoms with E-state index in [1.54, 1.807) is 11.8 Å². The van der Waals surface area contributed by atoms with E-state index >= 15 is 0 Å². The zero-order valence-electron chi connectivity index (χ0n) is 9.80. The minimum Gasteiger partial charge on any atom is -0.370 e. The molecule has 0 saturated heterocycles. The molecule has 0 atom stereocenters. The number of aryl methyl sites for hydroxylation is 1. The molecule has 0 radical (unpaired) electrons. The topological polar surface area (TPSA) is 50.7 Å². The van der Waals surface area contributed by atoms with Crippen LogP contribution < -0.4 is 5.32 Å². The summed E-state index contributed by atoms with van der Waals surface area (Å²) in [6, 6.07) is 4.01. The van der Waals surface area contributed by atoms with Crippen LogP contribution >= 0.6 is 23.3 Å². The van der Waals surface area contributed by atoms with Crippen LogP contribution in [0.2, 0.25) is 0 Å². The Morgan fingerprint density at radius 1 is 1.41 bits per heavy atom. The van der Waals surface area contributed by atoms with Crippen molar-refractivity contribution in [3.63, 3.8) is 0 Å². The first kappa shape index (κ1) is 12.3. The highest BCUT2D eigenvalue weighted by molar-refractivity contribution is 8.01. The molecular weight excluding hydrogens is 252 g/mol. The van der Waals surface area contributed by atoms with Crippen LogP contribution in [-0.4, -0.2) is 20.9 Å². The molecule has 90 valence electrons. The van der Waals surface area contributed by atoms with Gasteiger partial charge in [-0.2, -0.15) is 4.37 Å². The summed E-state index contributed by atoms with van der Waals surface area (Å²) in [6.07, 6.45) is 2.69. The van der Waals surface area contributed by atoms with Gasteiger partial charge in [0.1, 0.15) is 11.6 Å². The number of hydrogen-bond donors (Lipinski definition) is 1. The molecular formula is C11H14N4S2. The zero-order chi connectivity index (χ0) is 12.1. The Bertz CT molecular complexity index is 484. The molecule has 0 aliphatic heterocycles. The van der Waals surface area contributed by atoms with E-state index in [1.165, 1.54) is 11.5 Å². The maximum Gasteiger partial charge on any atom is 0.174 e. The first-order valence-electron chi connectivity index (χ1n) is 5.52. The highest BCUT2D eigenvalue weighted by Crippen LogP contribution is 2.29. The number of nitrogens with zero attached hydrogens (tertiary/aromatic N) is 3. The van der Waals surface area contributed by atoms with Gasteiger partial charge in [-0.1, -0.05) is 18.7 Å². The normalized spacial score (nSPS) is 10.5. The molecule has 0 aliphatic rings. The lowest BCUT2D eigenvalue weighted by Gasteiger charge is -2.03. The molecule has 0 bridgehead atoms. The molecule has 2 aromatic heterocycles. The van der Waals surface area contributed by atoms with E-state index in [0.29, 0.717) is 0 Å². The smallest absolute Gasteiger partial charge is 0.174 e. The van der Waals surface area contributed by atoms with Crippen molar-refractivity contribution in [2.45, 2.75) is 29.5 Å². The maximum absolute atomic E-state index is 4.43. The molecule has 0 saturated carbocycles. The monoisotopic (exact) mass is 266 g/mol. The minimum absolute atomic E-state index is 0.875. The van der Waals surface area contributed by atoms with Gasteiger partial charge in [-0.3, -0.25) is 0 Å². The quantitative estimate of drug-likeness (QED) is 0.901. The number of pyridine rings is 1. The van der Waals surface area contributed by atoms with Gasteiger partial charge < -0.3 is 5.32 Å². The number of aromatic nitrogens is 3. The van der Waals surface area contributed by atoms with Gasteiger partial charge in [0.05, 0.1) is 0 Å². The van der Waals surface area contributed by atoms with E-state index < -0.39 is 0 Å². The van der Waals surface area contributed by atoms with Gasteiger partial charge in [-0.05, 0) is 30.6 Å². The number of hydrogen-bond acceptors (Lipinski definition) is 6. The van der Waals surface area contributed by atoms with Crippen molar-refractivity contribution in [2.75, 3.05) is 11.9 Å². The van der Waals surface area contributed by atoms with Crippen LogP contribution in [0, 0.1) is 0 Å². The standard InChI is InChI=1S/C11H14N4S2/c1-3-9-14-11(17-15-9)16-8-5-6-13-10(7-8)12-4-2/h5-7H,3-4H2,1-2H3,(H,12,13). The average Bonchev–Trinajstić information content (AvgIpc) is 2.78. The lowest BCUT2D eigenvalue weighted by atomic mass is 10.4. The van der Waals surface area contributed by atoms with Crippen molar-refractivity contribution < 1.29 is 0 Å². The van der Waals surface area contributed by atoms with Crippen LogP contribution in [0.25, 0.3) is 0 Å². The highest BCUT2D eigenvalue weighted by atomic mass is 32.2. The third kappa shape index (κ3) is 3.41. The van der Waals surface area contributed by atoms with Crippen molar-refractivity contribution in [3.8, 4) is 0 Å². The summed E-state index contributed by atoms with van der Waals surface area (Å²) in [6.45, 7) is 4.99. The van der Waals surface area contributed by atoms with Gasteiger partial charge in [0.25, 0.3) is 0 Å². The largest absolute Gasteiger partial charge is 0.370 e. The van der Waals surface area contributed by atoms with E-state index in [9.17, 15) is 0 Å². The maximum atomic E-state index is 4.43. The first-order chi connectivity index (χ1) is 8.31. The minimum atomic E-state index is 0.875. The van der Waals surface area contributed by atoms with Crippen LogP contribution in [-0.2, 0) is 6.42 Å². The number of rotatable bonds is 5. The summed E-state index contributed by atoms with van der Waals surface area (Å²) in [5, 5.41) is 3.19. The Kier molecular flexibility index (Phi) is 4.33. The van der Waals surface area contributed by atoms with Crippen molar-refractivity contribution >= 4 is 29.1 Å². The summed E-state index contributed by atoms with van der Waals surface area (Å²) >= 11 is 3.08. The molecule has 0 spiro atoms. The van der Waals surface area contributed by atoms with E-state index in [-0.39, 0.29) is 0 Å². The zero-order valence-corrected chi connectivity index (χ0v) is 11.4. The molecule has 2 heterocycles. The SMILES string of the molecule is CCNc1cc(Sc2nc(CC)ns2)ccn1. The molecule has 2 aromatic rings. The van der Waals surface area contributed by atoms with E-state index in [0.717, 1.165) is 33.8 Å². The summed E-state index contributed by atoms with van der Waals surface area (Å²) in [4.78, 5) is 9.80. The lowest BCUT2D eigenvalue weighted by Crippen LogP contribution is -1.98. The average molecular weight is 266 g/mol. The van der Waals surface area contributed by atoms with E-state index in [4.69, 9.17) is 0 Å². The van der Waals surface area contributed by atoms with Gasteiger partial charge in [0, 0.05) is 24.1 Å². The number of nitrogens with one attached hydrogen (secondary N) is 1. The van der Waals surface area contributed by atoms with Gasteiger partial charge in [0.2, 0.25) is 0 Å². The molecule has 4 nitrogen and oxygen atoms in total. The fourth-order valence-corrected chi connectivity index (χ4v) is 2.98. The second kappa shape index (κ2) is 5.97. The Labute approximate surface area is 109 Å². The Balaban J connectivity index is 2.09. The summed E-state index contributed by atoms with van der Waals surface area (Å²) in [5.74, 6) is 1.82. The molecule has 6 heteroatoms. The van der Waals surface area contributed by atoms with Crippen LogP contribution in [0.1, 0.15) is 19.7 Å². The Morgan fingerprint density at radius 3 is 3.00 bits per heavy atom. The fraction of sp³-hybridized carbons (Fsp3) is 0.364. The predicted molar refractivity (Wildman–Crippen MR) is 71.8 cm³/mol. The van der Waals surface area contributed by atoms with Crippen molar-refractivity contribution in [2.24, 2.45) is 0 Å². The molecule has 17 heavy (non-hydrogen) atoms. The molecule has 0 unspecified atom stereocenters. The van der Waals surface area contributed by atoms with Gasteiger partial charge in [-0.25, -0.2) is 9.97 Å². The second-order valence-corrected chi connectivity index (χ2v) is 5.41. The van der Waals surface area contributed by atoms with Gasteiger partial charge in [-0.15, -0.1) is 0 Å². The molecule has 2 rings (SSSR count). The summed E-state index contributed by atoms with van der Waals surface area (Å²) in [7, 11) is 0. The number of anilines is 1. The van der Waals surface area contributed by atoms with E-state index in [2.05, 4.69) is 33.5 Å². The third-order valence-corrected chi connectivity index (χ3v) is 3.84. The fourth-order valence-electron chi connectivity index (χ4n) is 1.28. The Hall–Kier alpha value is -1.14. The lowest BCUT2D eigenvalue weighted by molar-refractivity contribution is 0.971. The molecule has 0 amide bonds. The van der Waals surface area contributed by atoms with Gasteiger partial charge in [0.15, 0.2) is 4.34 Å². The third-order valence-electron chi connectivity index (χ3n) is 2.06.